The summed E-state index contributed by atoms with van der Waals surface area (Å²) in [4.78, 5) is 2.58. The molecule has 0 radical (unpaired) electrons. The summed E-state index contributed by atoms with van der Waals surface area (Å²) in [6.07, 6.45) is 1.26. The van der Waals surface area contributed by atoms with Crippen LogP contribution in [0.2, 0.25) is 0 Å². The highest BCUT2D eigenvalue weighted by atomic mass is 16.5. The summed E-state index contributed by atoms with van der Waals surface area (Å²) in [6, 6.07) is 0.638. The minimum Gasteiger partial charge on any atom is -0.384 e. The van der Waals surface area contributed by atoms with Gasteiger partial charge in [0, 0.05) is 39.4 Å². The van der Waals surface area contributed by atoms with Crippen molar-refractivity contribution in [3.05, 3.63) is 0 Å². The second-order valence-electron chi connectivity index (χ2n) is 6.15. The number of nitrogens with one attached hydrogen (secondary N) is 1. The lowest BCUT2D eigenvalue weighted by molar-refractivity contribution is 0.0120. The molecule has 1 aliphatic heterocycles. The van der Waals surface area contributed by atoms with Gasteiger partial charge in [-0.3, -0.25) is 4.90 Å². The Kier molecular flexibility index (Phi) is 8.62. The Morgan fingerprint density at radius 1 is 1.16 bits per heavy atom. The van der Waals surface area contributed by atoms with Gasteiger partial charge in [-0.05, 0) is 24.8 Å². The molecule has 1 heterocycles. The van der Waals surface area contributed by atoms with Crippen molar-refractivity contribution < 1.29 is 9.47 Å². The van der Waals surface area contributed by atoms with Crippen LogP contribution in [-0.4, -0.2) is 64.1 Å². The van der Waals surface area contributed by atoms with Gasteiger partial charge in [-0.25, -0.2) is 0 Å². The predicted octanol–water partition coefficient (Wildman–Crippen LogP) is 1.61. The minimum absolute atomic E-state index is 0.578. The van der Waals surface area contributed by atoms with Crippen LogP contribution in [0.25, 0.3) is 0 Å². The molecule has 2 unspecified atom stereocenters. The van der Waals surface area contributed by atoms with Gasteiger partial charge in [0.05, 0.1) is 13.2 Å². The Hall–Kier alpha value is -0.160. The molecule has 2 atom stereocenters. The summed E-state index contributed by atoms with van der Waals surface area (Å²) in [5.74, 6) is 1.32. The first-order chi connectivity index (χ1) is 9.13. The van der Waals surface area contributed by atoms with Gasteiger partial charge in [0.25, 0.3) is 0 Å². The summed E-state index contributed by atoms with van der Waals surface area (Å²) in [5, 5.41) is 3.61. The largest absolute Gasteiger partial charge is 0.384 e. The Morgan fingerprint density at radius 2 is 1.84 bits per heavy atom. The quantitative estimate of drug-likeness (QED) is 0.691. The van der Waals surface area contributed by atoms with E-state index < -0.39 is 0 Å². The van der Waals surface area contributed by atoms with Crippen LogP contribution >= 0.6 is 0 Å². The van der Waals surface area contributed by atoms with Crippen molar-refractivity contribution in [2.45, 2.75) is 33.2 Å². The Balaban J connectivity index is 2.32. The number of methoxy groups -OCH3 is 1. The molecule has 0 aromatic rings. The van der Waals surface area contributed by atoms with E-state index in [1.807, 2.05) is 0 Å². The Bertz CT molecular complexity index is 218. The van der Waals surface area contributed by atoms with E-state index in [9.17, 15) is 0 Å². The zero-order valence-electron chi connectivity index (χ0n) is 13.2. The molecule has 0 amide bonds. The molecule has 0 aromatic carbocycles. The van der Waals surface area contributed by atoms with Crippen molar-refractivity contribution in [1.29, 1.82) is 0 Å². The smallest absolute Gasteiger partial charge is 0.0594 e. The number of rotatable bonds is 9. The fourth-order valence-electron chi connectivity index (χ4n) is 2.69. The van der Waals surface area contributed by atoms with Crippen molar-refractivity contribution in [3.63, 3.8) is 0 Å². The van der Waals surface area contributed by atoms with E-state index in [1.54, 1.807) is 7.11 Å². The van der Waals surface area contributed by atoms with E-state index in [0.717, 1.165) is 51.9 Å². The van der Waals surface area contributed by atoms with Crippen LogP contribution in [0.1, 0.15) is 27.2 Å². The molecule has 4 heteroatoms. The standard InChI is InChI=1S/C15H32N2O2/c1-13(2)9-15(17-5-7-19-8-6-17)11-16-10-14(3)12-18-4/h13-16H,5-12H2,1-4H3. The average Bonchev–Trinajstić information content (AvgIpc) is 2.38. The van der Waals surface area contributed by atoms with Crippen LogP contribution in [0.5, 0.6) is 0 Å². The maximum atomic E-state index is 5.45. The summed E-state index contributed by atoms with van der Waals surface area (Å²) in [5.41, 5.74) is 0. The number of hydrogen-bond acceptors (Lipinski definition) is 4. The van der Waals surface area contributed by atoms with Crippen molar-refractivity contribution in [2.24, 2.45) is 11.8 Å². The first-order valence-electron chi connectivity index (χ1n) is 7.65. The number of nitrogens with zero attached hydrogens (tertiary/aromatic N) is 1. The second-order valence-corrected chi connectivity index (χ2v) is 6.15. The monoisotopic (exact) mass is 272 g/mol. The first kappa shape index (κ1) is 16.9. The highest BCUT2D eigenvalue weighted by molar-refractivity contribution is 4.77. The van der Waals surface area contributed by atoms with E-state index >= 15 is 0 Å². The van der Waals surface area contributed by atoms with Gasteiger partial charge in [0.15, 0.2) is 0 Å². The van der Waals surface area contributed by atoms with Gasteiger partial charge in [0.2, 0.25) is 0 Å². The molecule has 0 bridgehead atoms. The topological polar surface area (TPSA) is 33.7 Å². The summed E-state index contributed by atoms with van der Waals surface area (Å²) in [7, 11) is 1.77. The van der Waals surface area contributed by atoms with Crippen LogP contribution in [0.4, 0.5) is 0 Å². The third kappa shape index (κ3) is 7.25. The molecule has 1 aliphatic rings. The lowest BCUT2D eigenvalue weighted by Crippen LogP contribution is -2.49. The summed E-state index contributed by atoms with van der Waals surface area (Å²) >= 11 is 0. The lowest BCUT2D eigenvalue weighted by atomic mass is 10.0. The molecular formula is C15H32N2O2. The Labute approximate surface area is 118 Å². The zero-order chi connectivity index (χ0) is 14.1. The lowest BCUT2D eigenvalue weighted by Gasteiger charge is -2.35. The van der Waals surface area contributed by atoms with Gasteiger partial charge in [-0.2, -0.15) is 0 Å². The van der Waals surface area contributed by atoms with E-state index in [-0.39, 0.29) is 0 Å². The number of morpholine rings is 1. The number of ether oxygens (including phenoxy) is 2. The van der Waals surface area contributed by atoms with Crippen molar-refractivity contribution in [2.75, 3.05) is 53.1 Å². The van der Waals surface area contributed by atoms with Gasteiger partial charge in [0.1, 0.15) is 0 Å². The van der Waals surface area contributed by atoms with Gasteiger partial charge in [-0.15, -0.1) is 0 Å². The van der Waals surface area contributed by atoms with Crippen LogP contribution in [0.3, 0.4) is 0 Å². The van der Waals surface area contributed by atoms with Crippen LogP contribution in [0.15, 0.2) is 0 Å². The van der Waals surface area contributed by atoms with Crippen molar-refractivity contribution in [1.82, 2.24) is 10.2 Å². The molecular weight excluding hydrogens is 240 g/mol. The van der Waals surface area contributed by atoms with Crippen molar-refractivity contribution in [3.8, 4) is 0 Å². The van der Waals surface area contributed by atoms with Gasteiger partial charge in [-0.1, -0.05) is 20.8 Å². The molecule has 0 spiro atoms. The molecule has 1 rings (SSSR count). The minimum atomic E-state index is 0.578. The molecule has 4 nitrogen and oxygen atoms in total. The molecule has 0 aromatic heterocycles. The van der Waals surface area contributed by atoms with Crippen LogP contribution < -0.4 is 5.32 Å². The molecule has 114 valence electrons. The van der Waals surface area contributed by atoms with E-state index in [4.69, 9.17) is 9.47 Å². The van der Waals surface area contributed by atoms with Crippen LogP contribution in [-0.2, 0) is 9.47 Å². The molecule has 0 aliphatic carbocycles. The average molecular weight is 272 g/mol. The fourth-order valence-corrected chi connectivity index (χ4v) is 2.69. The Morgan fingerprint density at radius 3 is 2.42 bits per heavy atom. The molecule has 1 saturated heterocycles. The summed E-state index contributed by atoms with van der Waals surface area (Å²) < 4.78 is 10.6. The van der Waals surface area contributed by atoms with E-state index in [0.29, 0.717) is 12.0 Å². The second kappa shape index (κ2) is 9.70. The SMILES string of the molecule is COCC(C)CNCC(CC(C)C)N1CCOCC1. The third-order valence-corrected chi connectivity index (χ3v) is 3.63. The maximum Gasteiger partial charge on any atom is 0.0594 e. The highest BCUT2D eigenvalue weighted by Crippen LogP contribution is 2.13. The van der Waals surface area contributed by atoms with Crippen molar-refractivity contribution >= 4 is 0 Å². The maximum absolute atomic E-state index is 5.45. The fraction of sp³-hybridized carbons (Fsp3) is 1.00. The first-order valence-corrected chi connectivity index (χ1v) is 7.65. The third-order valence-electron chi connectivity index (χ3n) is 3.63. The van der Waals surface area contributed by atoms with Crippen LogP contribution in [0, 0.1) is 11.8 Å². The van der Waals surface area contributed by atoms with Gasteiger partial charge < -0.3 is 14.8 Å². The molecule has 0 saturated carbocycles. The zero-order valence-corrected chi connectivity index (χ0v) is 13.2. The number of hydrogen-bond donors (Lipinski definition) is 1. The summed E-state index contributed by atoms with van der Waals surface area (Å²) in [6.45, 7) is 13.7. The molecule has 1 N–H and O–H groups in total. The molecule has 19 heavy (non-hydrogen) atoms. The normalized spacial score (nSPS) is 20.7. The van der Waals surface area contributed by atoms with Gasteiger partial charge >= 0.3 is 0 Å². The highest BCUT2D eigenvalue weighted by Gasteiger charge is 2.21. The predicted molar refractivity (Wildman–Crippen MR) is 79.5 cm³/mol. The van der Waals surface area contributed by atoms with E-state index in [2.05, 4.69) is 31.0 Å². The molecule has 1 fully saturated rings. The van der Waals surface area contributed by atoms with E-state index in [1.165, 1.54) is 6.42 Å².